The molecule has 11 heteroatoms. The number of alkyl halides is 6. The van der Waals surface area contributed by atoms with Gasteiger partial charge >= 0.3 is 12.4 Å². The minimum absolute atomic E-state index is 0.0220. The number of rotatable bonds is 2. The van der Waals surface area contributed by atoms with Crippen LogP contribution in [-0.4, -0.2) is 22.5 Å². The first kappa shape index (κ1) is 24.6. The third-order valence-electron chi connectivity index (χ3n) is 6.52. The summed E-state index contributed by atoms with van der Waals surface area (Å²) in [7, 11) is 0. The van der Waals surface area contributed by atoms with E-state index in [-0.39, 0.29) is 17.0 Å². The van der Waals surface area contributed by atoms with Gasteiger partial charge in [-0.1, -0.05) is 47.8 Å². The first-order chi connectivity index (χ1) is 16.4. The van der Waals surface area contributed by atoms with Crippen molar-refractivity contribution in [3.05, 3.63) is 74.9 Å². The molecule has 35 heavy (non-hydrogen) atoms. The highest BCUT2D eigenvalue weighted by molar-refractivity contribution is 6.35. The highest BCUT2D eigenvalue weighted by Gasteiger charge is 2.47. The quantitative estimate of drug-likeness (QED) is 0.310. The number of ether oxygens (including phenoxy) is 1. The Morgan fingerprint density at radius 2 is 1.69 bits per heavy atom. The van der Waals surface area contributed by atoms with Crippen molar-refractivity contribution in [2.75, 3.05) is 6.54 Å². The van der Waals surface area contributed by atoms with Crippen molar-refractivity contribution in [2.45, 2.75) is 50.0 Å². The fourth-order valence-electron chi connectivity index (χ4n) is 5.02. The Morgan fingerprint density at radius 1 is 0.914 bits per heavy atom. The van der Waals surface area contributed by atoms with Crippen LogP contribution in [0.2, 0.25) is 10.0 Å². The molecule has 0 bridgehead atoms. The number of aromatic nitrogens is 1. The maximum Gasteiger partial charge on any atom is 0.433 e. The minimum Gasteiger partial charge on any atom is -0.349 e. The number of benzene rings is 2. The second-order valence-electron chi connectivity index (χ2n) is 8.67. The Hall–Kier alpha value is -2.07. The summed E-state index contributed by atoms with van der Waals surface area (Å²) in [5, 5.41) is 0.728. The van der Waals surface area contributed by atoms with Crippen LogP contribution in [0.1, 0.15) is 54.0 Å². The van der Waals surface area contributed by atoms with Gasteiger partial charge in [0.05, 0.1) is 11.1 Å². The van der Waals surface area contributed by atoms with E-state index < -0.39 is 41.5 Å². The van der Waals surface area contributed by atoms with Gasteiger partial charge in [0, 0.05) is 33.6 Å². The van der Waals surface area contributed by atoms with Crippen molar-refractivity contribution in [3.8, 4) is 0 Å². The largest absolute Gasteiger partial charge is 0.433 e. The summed E-state index contributed by atoms with van der Waals surface area (Å²) in [6.07, 6.45) is -9.15. The van der Waals surface area contributed by atoms with E-state index in [2.05, 4.69) is 4.98 Å². The summed E-state index contributed by atoms with van der Waals surface area (Å²) < 4.78 is 88.7. The molecule has 0 amide bonds. The predicted octanol–water partition coefficient (Wildman–Crippen LogP) is 8.20. The average molecular weight is 535 g/mol. The molecular weight excluding hydrogens is 517 g/mol. The molecule has 3 aromatic rings. The molecule has 2 aliphatic rings. The Labute approximate surface area is 206 Å². The normalized spacial score (nSPS) is 23.6. The molecule has 186 valence electrons. The first-order valence-electron chi connectivity index (χ1n) is 10.9. The van der Waals surface area contributed by atoms with Crippen molar-refractivity contribution in [1.29, 1.82) is 0 Å². The van der Waals surface area contributed by atoms with Gasteiger partial charge in [0.25, 0.3) is 0 Å². The summed E-state index contributed by atoms with van der Waals surface area (Å²) in [6.45, 7) is 0.605. The topological polar surface area (TPSA) is 25.4 Å². The summed E-state index contributed by atoms with van der Waals surface area (Å²) in [6, 6.07) is 8.60. The van der Waals surface area contributed by atoms with Gasteiger partial charge in [0.1, 0.15) is 18.0 Å². The maximum atomic E-state index is 13.8. The van der Waals surface area contributed by atoms with Crippen LogP contribution in [0.5, 0.6) is 0 Å². The number of nitrogens with zero attached hydrogens (tertiary/aromatic N) is 2. The Morgan fingerprint density at radius 3 is 2.37 bits per heavy atom. The van der Waals surface area contributed by atoms with Crippen LogP contribution in [0.4, 0.5) is 26.3 Å². The Balaban J connectivity index is 1.70. The van der Waals surface area contributed by atoms with Crippen LogP contribution in [0.15, 0.2) is 42.5 Å². The molecule has 5 rings (SSSR count). The van der Waals surface area contributed by atoms with Crippen LogP contribution < -0.4 is 0 Å². The minimum atomic E-state index is -4.94. The van der Waals surface area contributed by atoms with Crippen LogP contribution in [0, 0.1) is 0 Å². The zero-order chi connectivity index (χ0) is 25.1. The standard InChI is InChI=1S/C24H18Cl2F6N2O/c25-12-7-8-14(17(26)10-12)22-34-9-2-1-6-18(34)21(35-22)15-11-19(24(30,31)32)33-20-13(15)4-3-5-16(20)23(27,28)29/h3-5,7-8,10-11,18,21-22H,1-2,6,9H2/t18-,21+,22?/m1/s1. The summed E-state index contributed by atoms with van der Waals surface area (Å²) in [5.41, 5.74) is -2.74. The van der Waals surface area contributed by atoms with E-state index in [4.69, 9.17) is 27.9 Å². The highest BCUT2D eigenvalue weighted by atomic mass is 35.5. The molecule has 2 aromatic carbocycles. The molecule has 3 atom stereocenters. The number of para-hydroxylation sites is 1. The van der Waals surface area contributed by atoms with Crippen molar-refractivity contribution in [1.82, 2.24) is 9.88 Å². The summed E-state index contributed by atoms with van der Waals surface area (Å²) >= 11 is 12.4. The van der Waals surface area contributed by atoms with Crippen molar-refractivity contribution in [2.24, 2.45) is 0 Å². The fraction of sp³-hybridized carbons (Fsp3) is 0.375. The molecule has 2 aliphatic heterocycles. The number of piperidine rings is 1. The van der Waals surface area contributed by atoms with Gasteiger partial charge in [-0.3, -0.25) is 4.90 Å². The van der Waals surface area contributed by atoms with Gasteiger partial charge in [-0.05, 0) is 42.7 Å². The lowest BCUT2D eigenvalue weighted by Crippen LogP contribution is -2.38. The van der Waals surface area contributed by atoms with Gasteiger partial charge in [0.2, 0.25) is 0 Å². The summed E-state index contributed by atoms with van der Waals surface area (Å²) in [5.74, 6) is 0. The zero-order valence-corrected chi connectivity index (χ0v) is 19.4. The van der Waals surface area contributed by atoms with Gasteiger partial charge in [0.15, 0.2) is 0 Å². The molecule has 0 N–H and O–H groups in total. The van der Waals surface area contributed by atoms with E-state index >= 15 is 0 Å². The van der Waals surface area contributed by atoms with Crippen LogP contribution >= 0.6 is 23.2 Å². The second kappa shape index (κ2) is 8.80. The molecule has 2 saturated heterocycles. The van der Waals surface area contributed by atoms with E-state index in [0.717, 1.165) is 25.0 Å². The van der Waals surface area contributed by atoms with E-state index in [1.54, 1.807) is 18.2 Å². The van der Waals surface area contributed by atoms with Crippen molar-refractivity contribution < 1.29 is 31.1 Å². The molecule has 0 radical (unpaired) electrons. The summed E-state index contributed by atoms with van der Waals surface area (Å²) in [4.78, 5) is 5.41. The monoisotopic (exact) mass is 534 g/mol. The van der Waals surface area contributed by atoms with Crippen LogP contribution in [-0.2, 0) is 17.1 Å². The molecule has 0 spiro atoms. The lowest BCUT2D eigenvalue weighted by Gasteiger charge is -2.33. The number of fused-ring (bicyclic) bond motifs is 2. The van der Waals surface area contributed by atoms with Crippen LogP contribution in [0.3, 0.4) is 0 Å². The number of pyridine rings is 1. The molecule has 2 fully saturated rings. The van der Waals surface area contributed by atoms with Gasteiger partial charge in [-0.2, -0.15) is 26.3 Å². The smallest absolute Gasteiger partial charge is 0.349 e. The van der Waals surface area contributed by atoms with Crippen molar-refractivity contribution in [3.63, 3.8) is 0 Å². The Kier molecular flexibility index (Phi) is 6.19. The first-order valence-corrected chi connectivity index (χ1v) is 11.6. The third kappa shape index (κ3) is 4.48. The van der Waals surface area contributed by atoms with Gasteiger partial charge in [-0.15, -0.1) is 0 Å². The molecular formula is C24H18Cl2F6N2O. The predicted molar refractivity (Wildman–Crippen MR) is 119 cm³/mol. The van der Waals surface area contributed by atoms with E-state index in [9.17, 15) is 26.3 Å². The lowest BCUT2D eigenvalue weighted by molar-refractivity contribution is -0.142. The molecule has 0 saturated carbocycles. The maximum absolute atomic E-state index is 13.8. The van der Waals surface area contributed by atoms with Crippen LogP contribution in [0.25, 0.3) is 10.9 Å². The molecule has 3 nitrogen and oxygen atoms in total. The number of hydrogen-bond acceptors (Lipinski definition) is 3. The Bertz CT molecular complexity index is 1280. The van der Waals surface area contributed by atoms with Gasteiger partial charge < -0.3 is 4.74 Å². The SMILES string of the molecule is FC(F)(F)c1cc([C@@H]2OC(c3ccc(Cl)cc3Cl)N3CCCC[C@H]23)c2cccc(C(F)(F)F)c2n1. The zero-order valence-electron chi connectivity index (χ0n) is 17.9. The highest BCUT2D eigenvalue weighted by Crippen LogP contribution is 2.50. The molecule has 3 heterocycles. The molecule has 0 aliphatic carbocycles. The van der Waals surface area contributed by atoms with E-state index in [1.807, 2.05) is 4.90 Å². The van der Waals surface area contributed by atoms with E-state index in [0.29, 0.717) is 28.6 Å². The van der Waals surface area contributed by atoms with E-state index in [1.165, 1.54) is 12.1 Å². The third-order valence-corrected chi connectivity index (χ3v) is 7.08. The fourth-order valence-corrected chi connectivity index (χ4v) is 5.52. The number of hydrogen-bond donors (Lipinski definition) is 0. The van der Waals surface area contributed by atoms with Gasteiger partial charge in [-0.25, -0.2) is 4.98 Å². The van der Waals surface area contributed by atoms with Crippen molar-refractivity contribution >= 4 is 34.1 Å². The number of halogens is 8. The lowest BCUT2D eigenvalue weighted by atomic mass is 9.91. The molecule has 1 aromatic heterocycles. The molecule has 1 unspecified atom stereocenters. The second-order valence-corrected chi connectivity index (χ2v) is 9.51. The average Bonchev–Trinajstić information content (AvgIpc) is 3.16.